The fraction of sp³-hybridized carbons (Fsp3) is 0.333. The molecule has 2 aliphatic heterocycles. The summed E-state index contributed by atoms with van der Waals surface area (Å²) in [5, 5.41) is 9.26. The number of benzene rings is 1. The molecule has 0 aliphatic carbocycles. The van der Waals surface area contributed by atoms with Crippen LogP contribution in [-0.2, 0) is 23.1 Å². The highest BCUT2D eigenvalue weighted by atomic mass is 19.1. The van der Waals surface area contributed by atoms with Gasteiger partial charge >= 0.3 is 0 Å². The Bertz CT molecular complexity index is 1470. The highest BCUT2D eigenvalue weighted by Crippen LogP contribution is 2.38. The quantitative estimate of drug-likeness (QED) is 0.418. The summed E-state index contributed by atoms with van der Waals surface area (Å²) in [4.78, 5) is 10.8. The van der Waals surface area contributed by atoms with Gasteiger partial charge in [-0.3, -0.25) is 4.98 Å². The van der Waals surface area contributed by atoms with E-state index in [4.69, 9.17) is 14.5 Å². The summed E-state index contributed by atoms with van der Waals surface area (Å²) in [7, 11) is 1.76. The normalized spacial score (nSPS) is 17.2. The number of aromatic nitrogens is 5. The fourth-order valence-corrected chi connectivity index (χ4v) is 4.38. The Kier molecular flexibility index (Phi) is 4.54. The second kappa shape index (κ2) is 7.47. The molecule has 5 heterocycles. The van der Waals surface area contributed by atoms with Crippen LogP contribution < -0.4 is 4.90 Å². The largest absolute Gasteiger partial charge is 0.378 e. The lowest BCUT2D eigenvalue weighted by molar-refractivity contribution is -0.0648. The van der Waals surface area contributed by atoms with E-state index in [1.807, 2.05) is 23.1 Å². The lowest BCUT2D eigenvalue weighted by atomic mass is 9.89. The molecule has 0 N–H and O–H groups in total. The van der Waals surface area contributed by atoms with E-state index in [-0.39, 0.29) is 5.41 Å². The van der Waals surface area contributed by atoms with Crippen LogP contribution in [0.5, 0.6) is 0 Å². The molecule has 1 fully saturated rings. The molecule has 2 aliphatic rings. The van der Waals surface area contributed by atoms with Gasteiger partial charge in [-0.05, 0) is 19.1 Å². The molecule has 33 heavy (non-hydrogen) atoms. The van der Waals surface area contributed by atoms with E-state index in [1.54, 1.807) is 17.9 Å². The number of ether oxygens (including phenoxy) is 2. The summed E-state index contributed by atoms with van der Waals surface area (Å²) in [5.41, 5.74) is 3.69. The molecule has 4 aromatic rings. The van der Waals surface area contributed by atoms with Crippen LogP contribution in [0.25, 0.3) is 21.9 Å². The summed E-state index contributed by atoms with van der Waals surface area (Å²) in [6.45, 7) is 4.75. The van der Waals surface area contributed by atoms with Crippen LogP contribution in [0.3, 0.4) is 0 Å². The molecule has 0 radical (unpaired) electrons. The Morgan fingerprint density at radius 1 is 1.18 bits per heavy atom. The smallest absolute Gasteiger partial charge is 0.204 e. The highest BCUT2D eigenvalue weighted by Gasteiger charge is 2.31. The molecule has 0 unspecified atom stereocenters. The van der Waals surface area contributed by atoms with Crippen LogP contribution in [0.2, 0.25) is 0 Å². The number of aryl methyl sites for hydroxylation is 1. The number of pyridine rings is 2. The topological polar surface area (TPSA) is 78.2 Å². The first-order valence-corrected chi connectivity index (χ1v) is 10.7. The van der Waals surface area contributed by atoms with Gasteiger partial charge in [0.05, 0.1) is 43.4 Å². The summed E-state index contributed by atoms with van der Waals surface area (Å²) in [6, 6.07) is 5.95. The maximum absolute atomic E-state index is 15.2. The summed E-state index contributed by atoms with van der Waals surface area (Å²) >= 11 is 0. The number of hydrogen-bond donors (Lipinski definition) is 0. The van der Waals surface area contributed by atoms with E-state index in [0.717, 1.165) is 16.8 Å². The molecule has 166 valence electrons. The van der Waals surface area contributed by atoms with E-state index < -0.39 is 5.82 Å². The van der Waals surface area contributed by atoms with Gasteiger partial charge in [0.25, 0.3) is 0 Å². The van der Waals surface area contributed by atoms with Crippen molar-refractivity contribution >= 4 is 33.4 Å². The number of rotatable bonds is 1. The standard InChI is InChI=1S/C24H21FN6O2/c1-24(13-33-14-24)7-6-15-4-3-5-19-17(15)12-32-9-8-31(19)23-20-16(10-26-11-18(20)25)21-22(27-23)28-29-30(21)2/h3-5,10-11H,8-9,12-14H2,1-2H3. The molecule has 1 aromatic carbocycles. The molecule has 0 spiro atoms. The average molecular weight is 444 g/mol. The zero-order valence-corrected chi connectivity index (χ0v) is 18.3. The zero-order valence-electron chi connectivity index (χ0n) is 18.3. The van der Waals surface area contributed by atoms with Crippen LogP contribution in [0.15, 0.2) is 30.6 Å². The van der Waals surface area contributed by atoms with E-state index in [0.29, 0.717) is 60.7 Å². The van der Waals surface area contributed by atoms with Crippen molar-refractivity contribution in [3.63, 3.8) is 0 Å². The summed E-state index contributed by atoms with van der Waals surface area (Å²) < 4.78 is 28.0. The van der Waals surface area contributed by atoms with Gasteiger partial charge in [-0.25, -0.2) is 14.1 Å². The second-order valence-electron chi connectivity index (χ2n) is 8.68. The van der Waals surface area contributed by atoms with Crippen LogP contribution >= 0.6 is 0 Å². The molecule has 8 nitrogen and oxygen atoms in total. The Morgan fingerprint density at radius 2 is 2.06 bits per heavy atom. The summed E-state index contributed by atoms with van der Waals surface area (Å²) in [6.07, 6.45) is 2.84. The number of anilines is 2. The van der Waals surface area contributed by atoms with Crippen molar-refractivity contribution in [1.82, 2.24) is 25.0 Å². The highest BCUT2D eigenvalue weighted by molar-refractivity contribution is 6.08. The molecular weight excluding hydrogens is 423 g/mol. The third-order valence-corrected chi connectivity index (χ3v) is 6.14. The Hall–Kier alpha value is -3.61. The molecule has 0 atom stereocenters. The monoisotopic (exact) mass is 444 g/mol. The molecule has 0 saturated carbocycles. The number of nitrogens with zero attached hydrogens (tertiary/aromatic N) is 6. The predicted octanol–water partition coefficient (Wildman–Crippen LogP) is 3.11. The van der Waals surface area contributed by atoms with Gasteiger partial charge in [-0.1, -0.05) is 23.1 Å². The van der Waals surface area contributed by atoms with Gasteiger partial charge in [0, 0.05) is 42.0 Å². The van der Waals surface area contributed by atoms with Crippen molar-refractivity contribution in [3.8, 4) is 11.8 Å². The van der Waals surface area contributed by atoms with Gasteiger partial charge in [0.15, 0.2) is 5.82 Å². The molecule has 0 bridgehead atoms. The molecule has 1 saturated heterocycles. The minimum Gasteiger partial charge on any atom is -0.378 e. The van der Waals surface area contributed by atoms with Crippen molar-refractivity contribution in [2.75, 3.05) is 31.3 Å². The Labute approximate surface area is 189 Å². The van der Waals surface area contributed by atoms with Crippen molar-refractivity contribution in [3.05, 3.63) is 47.5 Å². The number of fused-ring (bicyclic) bond motifs is 4. The second-order valence-corrected chi connectivity index (χ2v) is 8.68. The molecule has 3 aromatic heterocycles. The van der Waals surface area contributed by atoms with Crippen LogP contribution in [0, 0.1) is 23.1 Å². The number of halogens is 1. The lowest BCUT2D eigenvalue weighted by Crippen LogP contribution is -2.38. The fourth-order valence-electron chi connectivity index (χ4n) is 4.38. The van der Waals surface area contributed by atoms with Gasteiger partial charge in [0.2, 0.25) is 5.65 Å². The van der Waals surface area contributed by atoms with E-state index >= 15 is 4.39 Å². The molecule has 6 rings (SSSR count). The van der Waals surface area contributed by atoms with Gasteiger partial charge in [0.1, 0.15) is 11.3 Å². The predicted molar refractivity (Wildman–Crippen MR) is 120 cm³/mol. The average Bonchev–Trinajstić information content (AvgIpc) is 3.03. The van der Waals surface area contributed by atoms with Crippen LogP contribution in [-0.4, -0.2) is 51.3 Å². The van der Waals surface area contributed by atoms with Crippen LogP contribution in [0.4, 0.5) is 15.9 Å². The minimum absolute atomic E-state index is 0.126. The summed E-state index contributed by atoms with van der Waals surface area (Å²) in [5.74, 6) is 6.70. The minimum atomic E-state index is -0.446. The van der Waals surface area contributed by atoms with Crippen molar-refractivity contribution in [2.45, 2.75) is 13.5 Å². The maximum Gasteiger partial charge on any atom is 0.204 e. The Morgan fingerprint density at radius 3 is 2.88 bits per heavy atom. The number of hydrogen-bond acceptors (Lipinski definition) is 7. The first-order valence-electron chi connectivity index (χ1n) is 10.7. The van der Waals surface area contributed by atoms with Gasteiger partial charge < -0.3 is 14.4 Å². The molecular formula is C24H21FN6O2. The van der Waals surface area contributed by atoms with E-state index in [1.165, 1.54) is 6.20 Å². The first-order chi connectivity index (χ1) is 16.0. The van der Waals surface area contributed by atoms with Gasteiger partial charge in [-0.15, -0.1) is 5.10 Å². The maximum atomic E-state index is 15.2. The van der Waals surface area contributed by atoms with E-state index in [9.17, 15) is 0 Å². The van der Waals surface area contributed by atoms with Crippen molar-refractivity contribution < 1.29 is 13.9 Å². The van der Waals surface area contributed by atoms with Crippen LogP contribution in [0.1, 0.15) is 18.1 Å². The zero-order chi connectivity index (χ0) is 22.6. The van der Waals surface area contributed by atoms with Crippen molar-refractivity contribution in [1.29, 1.82) is 0 Å². The third kappa shape index (κ3) is 3.22. The SMILES string of the molecule is Cn1nnc2nc(N3CCOCc4c(C#CC5(C)COC5)cccc43)c3c(F)cncc3c21. The first kappa shape index (κ1) is 20.0. The molecule has 9 heteroatoms. The molecule has 0 amide bonds. The van der Waals surface area contributed by atoms with Crippen molar-refractivity contribution in [2.24, 2.45) is 12.5 Å². The lowest BCUT2D eigenvalue weighted by Gasteiger charge is -2.32. The van der Waals surface area contributed by atoms with E-state index in [2.05, 4.69) is 34.1 Å². The third-order valence-electron chi connectivity index (χ3n) is 6.14. The Balaban J connectivity index is 1.57. The van der Waals surface area contributed by atoms with Gasteiger partial charge in [-0.2, -0.15) is 0 Å².